The van der Waals surface area contributed by atoms with Crippen molar-refractivity contribution in [3.05, 3.63) is 40.6 Å². The Bertz CT molecular complexity index is 961. The molecule has 3 aromatic heterocycles. The van der Waals surface area contributed by atoms with Crippen LogP contribution >= 0.6 is 11.3 Å². The predicted octanol–water partition coefficient (Wildman–Crippen LogP) is 4.79. The van der Waals surface area contributed by atoms with E-state index in [2.05, 4.69) is 25.5 Å². The van der Waals surface area contributed by atoms with Crippen LogP contribution in [0.5, 0.6) is 0 Å². The molecular formula is C19H21F2N5OS. The molecule has 1 aliphatic carbocycles. The van der Waals surface area contributed by atoms with Crippen molar-refractivity contribution in [3.8, 4) is 10.7 Å². The fraction of sp³-hybridized carbons (Fsp3) is 0.474. The highest BCUT2D eigenvalue weighted by molar-refractivity contribution is 7.13. The lowest BCUT2D eigenvalue weighted by Crippen LogP contribution is -2.32. The zero-order valence-corrected chi connectivity index (χ0v) is 16.5. The highest BCUT2D eigenvalue weighted by Gasteiger charge is 2.35. The molecular weight excluding hydrogens is 384 g/mol. The summed E-state index contributed by atoms with van der Waals surface area (Å²) < 4.78 is 32.4. The summed E-state index contributed by atoms with van der Waals surface area (Å²) >= 11 is 1.52. The van der Waals surface area contributed by atoms with Crippen LogP contribution < -0.4 is 5.32 Å². The summed E-state index contributed by atoms with van der Waals surface area (Å²) in [6, 6.07) is 3.85. The van der Waals surface area contributed by atoms with E-state index in [9.17, 15) is 8.78 Å². The van der Waals surface area contributed by atoms with Crippen molar-refractivity contribution in [2.45, 2.75) is 57.9 Å². The van der Waals surface area contributed by atoms with Gasteiger partial charge in [0.15, 0.2) is 0 Å². The summed E-state index contributed by atoms with van der Waals surface area (Å²) in [5, 5.41) is 14.0. The Kier molecular flexibility index (Phi) is 5.09. The summed E-state index contributed by atoms with van der Waals surface area (Å²) in [7, 11) is 0. The number of hydrogen-bond acceptors (Lipinski definition) is 7. The number of thiazole rings is 1. The molecule has 0 spiro atoms. The molecule has 0 radical (unpaired) electrons. The van der Waals surface area contributed by atoms with Crippen LogP contribution in [0.4, 0.5) is 14.6 Å². The maximum atomic E-state index is 13.4. The zero-order chi connectivity index (χ0) is 19.7. The lowest BCUT2D eigenvalue weighted by Gasteiger charge is -2.29. The van der Waals surface area contributed by atoms with Crippen molar-refractivity contribution in [1.82, 2.24) is 20.2 Å². The number of aryl methyl sites for hydroxylation is 2. The van der Waals surface area contributed by atoms with E-state index >= 15 is 0 Å². The van der Waals surface area contributed by atoms with Gasteiger partial charge in [0.1, 0.15) is 16.5 Å². The molecule has 0 amide bonds. The number of aromatic nitrogens is 4. The van der Waals surface area contributed by atoms with E-state index in [1.165, 1.54) is 11.3 Å². The van der Waals surface area contributed by atoms with Gasteiger partial charge < -0.3 is 9.73 Å². The molecule has 148 valence electrons. The largest absolute Gasteiger partial charge is 0.425 e. The number of hydrogen-bond donors (Lipinski definition) is 1. The van der Waals surface area contributed by atoms with Gasteiger partial charge in [-0.2, -0.15) is 0 Å². The van der Waals surface area contributed by atoms with E-state index in [1.807, 2.05) is 24.4 Å². The number of nitrogens with one attached hydrogen (secondary N) is 1. The third-order valence-corrected chi connectivity index (χ3v) is 5.70. The second-order valence-electron chi connectivity index (χ2n) is 7.21. The van der Waals surface area contributed by atoms with Crippen LogP contribution in [0.2, 0.25) is 0 Å². The van der Waals surface area contributed by atoms with Crippen molar-refractivity contribution in [2.24, 2.45) is 0 Å². The molecule has 9 heteroatoms. The quantitative estimate of drug-likeness (QED) is 0.658. The van der Waals surface area contributed by atoms with Gasteiger partial charge in [0.25, 0.3) is 0 Å². The Labute approximate surface area is 165 Å². The fourth-order valence-electron chi connectivity index (χ4n) is 3.32. The standard InChI is InChI=1S/C19H21F2N5OS/c1-11-10-28-18(22-11)15-7-13(9-17-26-25-12(2)27-17)8-16(24-15)23-14-3-5-19(20,21)6-4-14/h7-8,10,14H,3-6,9H2,1-2H3,(H,23,24). The van der Waals surface area contributed by atoms with Crippen molar-refractivity contribution < 1.29 is 13.2 Å². The molecule has 0 aliphatic heterocycles. The zero-order valence-electron chi connectivity index (χ0n) is 15.7. The molecule has 1 fully saturated rings. The minimum absolute atomic E-state index is 0.0149. The van der Waals surface area contributed by atoms with Crippen molar-refractivity contribution in [1.29, 1.82) is 0 Å². The van der Waals surface area contributed by atoms with Crippen LogP contribution in [0, 0.1) is 13.8 Å². The first-order valence-corrected chi connectivity index (χ1v) is 10.1. The summed E-state index contributed by atoms with van der Waals surface area (Å²) in [6.07, 6.45) is 1.13. The Morgan fingerprint density at radius 3 is 2.61 bits per heavy atom. The molecule has 3 heterocycles. The minimum atomic E-state index is -2.55. The maximum Gasteiger partial charge on any atom is 0.248 e. The van der Waals surface area contributed by atoms with Crippen molar-refractivity contribution in [2.75, 3.05) is 5.32 Å². The van der Waals surface area contributed by atoms with Crippen LogP contribution in [0.15, 0.2) is 21.9 Å². The van der Waals surface area contributed by atoms with Gasteiger partial charge in [0, 0.05) is 36.9 Å². The third kappa shape index (κ3) is 4.52. The lowest BCUT2D eigenvalue weighted by atomic mass is 9.92. The molecule has 1 aliphatic rings. The second-order valence-corrected chi connectivity index (χ2v) is 8.06. The van der Waals surface area contributed by atoms with Crippen molar-refractivity contribution in [3.63, 3.8) is 0 Å². The molecule has 0 atom stereocenters. The normalized spacial score (nSPS) is 17.0. The monoisotopic (exact) mass is 405 g/mol. The van der Waals surface area contributed by atoms with Crippen LogP contribution in [0.3, 0.4) is 0 Å². The Morgan fingerprint density at radius 1 is 1.18 bits per heavy atom. The number of nitrogens with zero attached hydrogens (tertiary/aromatic N) is 4. The summed E-state index contributed by atoms with van der Waals surface area (Å²) in [5.41, 5.74) is 2.63. The molecule has 1 saturated carbocycles. The van der Waals surface area contributed by atoms with E-state index in [1.54, 1.807) is 6.92 Å². The highest BCUT2D eigenvalue weighted by Crippen LogP contribution is 2.34. The highest BCUT2D eigenvalue weighted by atomic mass is 32.1. The predicted molar refractivity (Wildman–Crippen MR) is 103 cm³/mol. The first-order chi connectivity index (χ1) is 13.4. The first kappa shape index (κ1) is 18.9. The topological polar surface area (TPSA) is 76.7 Å². The lowest BCUT2D eigenvalue weighted by molar-refractivity contribution is -0.0361. The van der Waals surface area contributed by atoms with Gasteiger partial charge in [-0.15, -0.1) is 21.5 Å². The van der Waals surface area contributed by atoms with E-state index in [4.69, 9.17) is 4.42 Å². The van der Waals surface area contributed by atoms with Crippen LogP contribution in [-0.2, 0) is 6.42 Å². The molecule has 0 aromatic carbocycles. The third-order valence-electron chi connectivity index (χ3n) is 4.72. The average Bonchev–Trinajstić information content (AvgIpc) is 3.25. The Hall–Kier alpha value is -2.42. The summed E-state index contributed by atoms with van der Waals surface area (Å²) in [4.78, 5) is 9.19. The number of alkyl halides is 2. The van der Waals surface area contributed by atoms with Crippen LogP contribution in [-0.4, -0.2) is 32.1 Å². The molecule has 1 N–H and O–H groups in total. The van der Waals surface area contributed by atoms with Gasteiger partial charge in [0.05, 0.1) is 6.42 Å². The number of halogens is 2. The van der Waals surface area contributed by atoms with Gasteiger partial charge >= 0.3 is 0 Å². The van der Waals surface area contributed by atoms with Gasteiger partial charge in [0.2, 0.25) is 17.7 Å². The summed E-state index contributed by atoms with van der Waals surface area (Å²) in [5.74, 6) is -0.853. The number of pyridine rings is 1. The molecule has 0 bridgehead atoms. The van der Waals surface area contributed by atoms with E-state index < -0.39 is 5.92 Å². The minimum Gasteiger partial charge on any atom is -0.425 e. The number of anilines is 1. The number of rotatable bonds is 5. The summed E-state index contributed by atoms with van der Waals surface area (Å²) in [6.45, 7) is 3.69. The van der Waals surface area contributed by atoms with Crippen molar-refractivity contribution >= 4 is 17.2 Å². The van der Waals surface area contributed by atoms with Crippen LogP contribution in [0.25, 0.3) is 10.7 Å². The SMILES string of the molecule is Cc1csc(-c2cc(Cc3nnc(C)o3)cc(NC3CCC(F)(F)CC3)n2)n1. The molecule has 6 nitrogen and oxygen atoms in total. The maximum absolute atomic E-state index is 13.4. The van der Waals surface area contributed by atoms with Gasteiger partial charge in [-0.25, -0.2) is 18.7 Å². The van der Waals surface area contributed by atoms with Gasteiger partial charge in [-0.3, -0.25) is 0 Å². The van der Waals surface area contributed by atoms with Gasteiger partial charge in [-0.1, -0.05) is 0 Å². The average molecular weight is 405 g/mol. The first-order valence-electron chi connectivity index (χ1n) is 9.23. The smallest absolute Gasteiger partial charge is 0.248 e. The molecule has 3 aromatic rings. The van der Waals surface area contributed by atoms with E-state index in [0.717, 1.165) is 22.0 Å². The van der Waals surface area contributed by atoms with E-state index in [-0.39, 0.29) is 18.9 Å². The fourth-order valence-corrected chi connectivity index (χ4v) is 4.08. The Balaban J connectivity index is 1.60. The van der Waals surface area contributed by atoms with E-state index in [0.29, 0.717) is 36.9 Å². The molecule has 0 saturated heterocycles. The Morgan fingerprint density at radius 2 is 1.96 bits per heavy atom. The molecule has 4 rings (SSSR count). The molecule has 28 heavy (non-hydrogen) atoms. The second kappa shape index (κ2) is 7.54. The van der Waals surface area contributed by atoms with Crippen LogP contribution in [0.1, 0.15) is 48.7 Å². The van der Waals surface area contributed by atoms with Gasteiger partial charge in [-0.05, 0) is 37.5 Å². The molecule has 0 unspecified atom stereocenters.